The van der Waals surface area contributed by atoms with Gasteiger partial charge in [-0.3, -0.25) is 19.6 Å². The minimum Gasteiger partial charge on any atom is -0.343 e. The molecule has 5 aromatic rings. The van der Waals surface area contributed by atoms with Crippen LogP contribution in [0.4, 0.5) is 0 Å². The van der Waals surface area contributed by atoms with Crippen LogP contribution in [-0.2, 0) is 7.05 Å². The first-order valence-corrected chi connectivity index (χ1v) is 10.1. The molecule has 7 heteroatoms. The van der Waals surface area contributed by atoms with E-state index in [1.807, 2.05) is 68.0 Å². The molecule has 0 saturated carbocycles. The Kier molecular flexibility index (Phi) is 4.51. The zero-order valence-electron chi connectivity index (χ0n) is 17.5. The van der Waals surface area contributed by atoms with Crippen LogP contribution in [0.2, 0.25) is 0 Å². The molecule has 3 aromatic heterocycles. The van der Waals surface area contributed by atoms with E-state index >= 15 is 0 Å². The molecule has 2 N–H and O–H groups in total. The molecule has 31 heavy (non-hydrogen) atoms. The van der Waals surface area contributed by atoms with Crippen molar-refractivity contribution < 1.29 is 4.79 Å². The van der Waals surface area contributed by atoms with Gasteiger partial charge in [-0.1, -0.05) is 29.8 Å². The largest absolute Gasteiger partial charge is 0.343 e. The molecule has 0 spiro atoms. The third-order valence-corrected chi connectivity index (χ3v) is 5.52. The number of imidazole rings is 1. The van der Waals surface area contributed by atoms with E-state index in [1.165, 1.54) is 0 Å². The number of carbonyl (C=O) groups is 1. The molecule has 0 aliphatic heterocycles. The van der Waals surface area contributed by atoms with Crippen LogP contribution in [-0.4, -0.2) is 30.6 Å². The molecule has 0 aliphatic rings. The van der Waals surface area contributed by atoms with Crippen LogP contribution in [0.3, 0.4) is 0 Å². The van der Waals surface area contributed by atoms with Gasteiger partial charge in [0.25, 0.3) is 5.91 Å². The molecule has 3 heterocycles. The lowest BCUT2D eigenvalue weighted by Gasteiger charge is -2.13. The maximum atomic E-state index is 12.8. The number of H-pyrrole nitrogens is 1. The Morgan fingerprint density at radius 3 is 2.55 bits per heavy atom. The van der Waals surface area contributed by atoms with E-state index in [-0.39, 0.29) is 17.8 Å². The van der Waals surface area contributed by atoms with Crippen molar-refractivity contribution in [2.24, 2.45) is 7.05 Å². The molecule has 0 bridgehead atoms. The lowest BCUT2D eigenvalue weighted by atomic mass is 10.1. The van der Waals surface area contributed by atoms with Crippen molar-refractivity contribution in [2.75, 3.05) is 0 Å². The minimum atomic E-state index is -0.282. The number of amides is 1. The third kappa shape index (κ3) is 3.44. The molecule has 1 atom stereocenters. The maximum absolute atomic E-state index is 12.8. The second kappa shape index (κ2) is 7.36. The smallest absolute Gasteiger partial charge is 0.289 e. The highest BCUT2D eigenvalue weighted by Crippen LogP contribution is 2.30. The Bertz CT molecular complexity index is 1420. The number of aromatic amines is 1. The number of carbonyl (C=O) groups excluding carboxylic acids is 1. The van der Waals surface area contributed by atoms with Crippen LogP contribution in [0.5, 0.6) is 0 Å². The van der Waals surface area contributed by atoms with Crippen LogP contribution < -0.4 is 5.32 Å². The van der Waals surface area contributed by atoms with Gasteiger partial charge >= 0.3 is 0 Å². The molecule has 2 aromatic carbocycles. The van der Waals surface area contributed by atoms with E-state index in [4.69, 9.17) is 0 Å². The van der Waals surface area contributed by atoms with Crippen LogP contribution in [0.25, 0.3) is 33.2 Å². The van der Waals surface area contributed by atoms with Gasteiger partial charge in [-0.05, 0) is 43.7 Å². The number of nitrogens with one attached hydrogen (secondary N) is 2. The molecule has 154 valence electrons. The van der Waals surface area contributed by atoms with E-state index in [2.05, 4.69) is 31.4 Å². The van der Waals surface area contributed by atoms with Crippen LogP contribution in [0, 0.1) is 6.92 Å². The summed E-state index contributed by atoms with van der Waals surface area (Å²) in [5, 5.41) is 7.39. The zero-order valence-corrected chi connectivity index (χ0v) is 17.5. The van der Waals surface area contributed by atoms with Crippen molar-refractivity contribution in [3.63, 3.8) is 0 Å². The summed E-state index contributed by atoms with van der Waals surface area (Å²) >= 11 is 0. The van der Waals surface area contributed by atoms with Crippen LogP contribution >= 0.6 is 0 Å². The summed E-state index contributed by atoms with van der Waals surface area (Å²) in [6.07, 6.45) is 3.53. The first kappa shape index (κ1) is 19.0. The van der Waals surface area contributed by atoms with Gasteiger partial charge in [-0.15, -0.1) is 0 Å². The molecule has 0 aliphatic carbocycles. The van der Waals surface area contributed by atoms with Crippen LogP contribution in [0.1, 0.15) is 34.7 Å². The van der Waals surface area contributed by atoms with Crippen LogP contribution in [0.15, 0.2) is 60.9 Å². The summed E-state index contributed by atoms with van der Waals surface area (Å²) in [5.41, 5.74) is 6.58. The summed E-state index contributed by atoms with van der Waals surface area (Å²) < 4.78 is 1.94. The average molecular weight is 410 g/mol. The number of pyridine rings is 1. The highest BCUT2D eigenvalue weighted by atomic mass is 16.2. The highest BCUT2D eigenvalue weighted by molar-refractivity contribution is 6.02. The van der Waals surface area contributed by atoms with Crippen molar-refractivity contribution >= 4 is 27.8 Å². The van der Waals surface area contributed by atoms with Gasteiger partial charge in [0.1, 0.15) is 0 Å². The molecule has 0 unspecified atom stereocenters. The van der Waals surface area contributed by atoms with Crippen molar-refractivity contribution in [1.29, 1.82) is 0 Å². The fraction of sp³-hybridized carbons (Fsp3) is 0.167. The topological polar surface area (TPSA) is 88.5 Å². The Morgan fingerprint density at radius 2 is 1.81 bits per heavy atom. The third-order valence-electron chi connectivity index (χ3n) is 5.52. The van der Waals surface area contributed by atoms with E-state index in [0.29, 0.717) is 11.0 Å². The molecule has 5 rings (SSSR count). The fourth-order valence-electron chi connectivity index (χ4n) is 3.89. The number of rotatable bonds is 4. The van der Waals surface area contributed by atoms with E-state index in [0.717, 1.165) is 33.3 Å². The number of fused-ring (bicyclic) bond motifs is 2. The fourth-order valence-corrected chi connectivity index (χ4v) is 3.89. The van der Waals surface area contributed by atoms with E-state index < -0.39 is 0 Å². The number of benzene rings is 2. The van der Waals surface area contributed by atoms with Crippen molar-refractivity contribution in [2.45, 2.75) is 19.9 Å². The number of aromatic nitrogens is 5. The lowest BCUT2D eigenvalue weighted by molar-refractivity contribution is 0.0930. The predicted octanol–water partition coefficient (Wildman–Crippen LogP) is 4.31. The second-order valence-electron chi connectivity index (χ2n) is 7.80. The first-order valence-electron chi connectivity index (χ1n) is 10.1. The maximum Gasteiger partial charge on any atom is 0.289 e. The van der Waals surface area contributed by atoms with Gasteiger partial charge in [-0.2, -0.15) is 0 Å². The Balaban J connectivity index is 1.50. The Hall–Kier alpha value is -4.00. The average Bonchev–Trinajstić information content (AvgIpc) is 3.33. The van der Waals surface area contributed by atoms with E-state index in [9.17, 15) is 4.79 Å². The Morgan fingerprint density at radius 1 is 1.06 bits per heavy atom. The molecular weight excluding hydrogens is 388 g/mol. The van der Waals surface area contributed by atoms with Gasteiger partial charge in [-0.25, -0.2) is 9.97 Å². The Labute approximate surface area is 179 Å². The molecular formula is C24H22N6O. The summed E-state index contributed by atoms with van der Waals surface area (Å²) in [4.78, 5) is 25.9. The van der Waals surface area contributed by atoms with Crippen molar-refractivity contribution in [3.05, 3.63) is 77.9 Å². The molecule has 0 radical (unpaired) electrons. The molecule has 0 fully saturated rings. The first-order chi connectivity index (χ1) is 15.0. The monoisotopic (exact) mass is 410 g/mol. The SMILES string of the molecule is Cc1cccc([C@@H](C)NC(=O)c2nc3cc4c(-c5ccncc5)[nH]n(C)c4cc3n2)c1. The molecule has 7 nitrogen and oxygen atoms in total. The summed E-state index contributed by atoms with van der Waals surface area (Å²) in [6.45, 7) is 3.99. The minimum absolute atomic E-state index is 0.138. The highest BCUT2D eigenvalue weighted by Gasteiger charge is 2.18. The number of hydrogen-bond acceptors (Lipinski definition) is 4. The summed E-state index contributed by atoms with van der Waals surface area (Å²) in [5.74, 6) is -0.102. The quantitative estimate of drug-likeness (QED) is 0.462. The zero-order chi connectivity index (χ0) is 21.5. The van der Waals surface area contributed by atoms with Gasteiger partial charge in [0.05, 0.1) is 28.3 Å². The van der Waals surface area contributed by atoms with E-state index in [1.54, 1.807) is 12.4 Å². The summed E-state index contributed by atoms with van der Waals surface area (Å²) in [7, 11) is 1.95. The van der Waals surface area contributed by atoms with Crippen molar-refractivity contribution in [1.82, 2.24) is 30.0 Å². The summed E-state index contributed by atoms with van der Waals surface area (Å²) in [6, 6.07) is 15.8. The number of hydrogen-bond donors (Lipinski definition) is 2. The van der Waals surface area contributed by atoms with Gasteiger partial charge < -0.3 is 5.32 Å². The lowest BCUT2D eigenvalue weighted by Crippen LogP contribution is -2.27. The van der Waals surface area contributed by atoms with Crippen molar-refractivity contribution in [3.8, 4) is 11.3 Å². The molecule has 0 saturated heterocycles. The normalized spacial score (nSPS) is 12.4. The number of nitrogens with zero attached hydrogens (tertiary/aromatic N) is 4. The van der Waals surface area contributed by atoms with Gasteiger partial charge in [0, 0.05) is 30.4 Å². The van der Waals surface area contributed by atoms with Gasteiger partial charge in [0.2, 0.25) is 5.82 Å². The number of aryl methyl sites for hydroxylation is 2. The molecule has 1 amide bonds. The second-order valence-corrected chi connectivity index (χ2v) is 7.80. The standard InChI is InChI=1S/C24H22N6O/c1-14-5-4-6-17(11-14)15(2)26-24(31)23-27-19-12-18-21(13-20(19)28-23)30(3)29-22(18)16-7-9-25-10-8-16/h4-13,15,29H,1-3H3,(H,26,31)/t15-/m1/s1. The van der Waals surface area contributed by atoms with Gasteiger partial charge in [0.15, 0.2) is 0 Å². The predicted molar refractivity (Wildman–Crippen MR) is 121 cm³/mol.